The molecule has 0 bridgehead atoms. The first-order valence-electron chi connectivity index (χ1n) is 8.14. The fraction of sp³-hybridized carbons (Fsp3) is 0.0500. The van der Waals surface area contributed by atoms with Gasteiger partial charge in [-0.05, 0) is 30.3 Å². The van der Waals surface area contributed by atoms with Gasteiger partial charge in [-0.2, -0.15) is 0 Å². The Bertz CT molecular complexity index is 988. The van der Waals surface area contributed by atoms with Crippen molar-refractivity contribution >= 4 is 23.0 Å². The number of para-hydroxylation sites is 3. The molecule has 0 saturated heterocycles. The standard InChI is InChI=1S/C20H15N3O3/c24-20-15-10-4-6-12-17(15)21-19(22(20)14-8-2-1-3-9-14)16-11-5-7-13-18(16)23(25)26/h1-13,19,21H/t19-/m1/s1. The summed E-state index contributed by atoms with van der Waals surface area (Å²) in [7, 11) is 0. The van der Waals surface area contributed by atoms with Crippen LogP contribution in [0.15, 0.2) is 78.9 Å². The molecular weight excluding hydrogens is 330 g/mol. The SMILES string of the molecule is O=C1c2ccccc2N[C@@H](c2ccccc2[N+](=O)[O-])N1c1ccccc1. The molecule has 0 unspecified atom stereocenters. The number of anilines is 2. The molecule has 6 heteroatoms. The van der Waals surface area contributed by atoms with Gasteiger partial charge >= 0.3 is 0 Å². The fourth-order valence-electron chi connectivity index (χ4n) is 3.21. The first-order valence-corrected chi connectivity index (χ1v) is 8.14. The molecule has 3 aromatic rings. The molecule has 1 heterocycles. The summed E-state index contributed by atoms with van der Waals surface area (Å²) >= 11 is 0. The molecule has 4 rings (SSSR count). The van der Waals surface area contributed by atoms with E-state index in [4.69, 9.17) is 0 Å². The number of nitro groups is 1. The van der Waals surface area contributed by atoms with E-state index in [1.165, 1.54) is 6.07 Å². The van der Waals surface area contributed by atoms with Gasteiger partial charge in [0.05, 0.1) is 16.1 Å². The molecule has 6 nitrogen and oxygen atoms in total. The lowest BCUT2D eigenvalue weighted by atomic mass is 10.0. The zero-order chi connectivity index (χ0) is 18.1. The zero-order valence-corrected chi connectivity index (χ0v) is 13.7. The molecule has 0 saturated carbocycles. The van der Waals surface area contributed by atoms with Crippen LogP contribution < -0.4 is 10.2 Å². The average Bonchev–Trinajstić information content (AvgIpc) is 2.68. The lowest BCUT2D eigenvalue weighted by molar-refractivity contribution is -0.385. The Morgan fingerprint density at radius 1 is 0.885 bits per heavy atom. The van der Waals surface area contributed by atoms with Crippen molar-refractivity contribution in [2.45, 2.75) is 6.17 Å². The predicted octanol–water partition coefficient (Wildman–Crippen LogP) is 4.37. The molecule has 1 aliphatic rings. The topological polar surface area (TPSA) is 75.5 Å². The summed E-state index contributed by atoms with van der Waals surface area (Å²) in [6.07, 6.45) is -0.679. The molecule has 1 aliphatic heterocycles. The molecule has 1 amide bonds. The van der Waals surface area contributed by atoms with Crippen LogP contribution in [-0.4, -0.2) is 10.8 Å². The number of nitrogens with one attached hydrogen (secondary N) is 1. The van der Waals surface area contributed by atoms with Crippen LogP contribution in [0.25, 0.3) is 0 Å². The van der Waals surface area contributed by atoms with Crippen molar-refractivity contribution in [1.82, 2.24) is 0 Å². The number of hydrogen-bond donors (Lipinski definition) is 1. The second-order valence-electron chi connectivity index (χ2n) is 5.92. The van der Waals surface area contributed by atoms with Gasteiger partial charge in [0.25, 0.3) is 11.6 Å². The van der Waals surface area contributed by atoms with Gasteiger partial charge in [-0.25, -0.2) is 0 Å². The van der Waals surface area contributed by atoms with Gasteiger partial charge < -0.3 is 5.32 Å². The summed E-state index contributed by atoms with van der Waals surface area (Å²) in [4.78, 5) is 25.8. The van der Waals surface area contributed by atoms with Gasteiger partial charge in [-0.1, -0.05) is 42.5 Å². The second kappa shape index (κ2) is 6.33. The van der Waals surface area contributed by atoms with Gasteiger partial charge in [0, 0.05) is 17.4 Å². The summed E-state index contributed by atoms with van der Waals surface area (Å²) in [6, 6.07) is 22.8. The normalized spacial score (nSPS) is 15.9. The van der Waals surface area contributed by atoms with Crippen molar-refractivity contribution in [1.29, 1.82) is 0 Å². The van der Waals surface area contributed by atoms with Crippen LogP contribution in [0, 0.1) is 10.1 Å². The van der Waals surface area contributed by atoms with Crippen LogP contribution in [0.3, 0.4) is 0 Å². The molecule has 0 fully saturated rings. The van der Waals surface area contributed by atoms with E-state index in [1.54, 1.807) is 41.3 Å². The summed E-state index contributed by atoms with van der Waals surface area (Å²) in [6.45, 7) is 0. The van der Waals surface area contributed by atoms with E-state index in [2.05, 4.69) is 5.32 Å². The van der Waals surface area contributed by atoms with E-state index in [-0.39, 0.29) is 11.6 Å². The third kappa shape index (κ3) is 2.57. The minimum absolute atomic E-state index is 0.0295. The molecule has 1 N–H and O–H groups in total. The monoisotopic (exact) mass is 345 g/mol. The van der Waals surface area contributed by atoms with Crippen molar-refractivity contribution in [2.24, 2.45) is 0 Å². The summed E-state index contributed by atoms with van der Waals surface area (Å²) in [5, 5.41) is 14.8. The van der Waals surface area contributed by atoms with Gasteiger partial charge in [0.2, 0.25) is 0 Å². The minimum Gasteiger partial charge on any atom is -0.360 e. The lowest BCUT2D eigenvalue weighted by Crippen LogP contribution is -2.43. The van der Waals surface area contributed by atoms with E-state index in [9.17, 15) is 14.9 Å². The number of amides is 1. The van der Waals surface area contributed by atoms with Crippen molar-refractivity contribution in [3.05, 3.63) is 100 Å². The van der Waals surface area contributed by atoms with Crippen LogP contribution in [0.2, 0.25) is 0 Å². The van der Waals surface area contributed by atoms with Crippen molar-refractivity contribution in [2.75, 3.05) is 10.2 Å². The predicted molar refractivity (Wildman–Crippen MR) is 99.2 cm³/mol. The Balaban J connectivity index is 1.92. The number of benzene rings is 3. The molecule has 0 radical (unpaired) electrons. The Kier molecular flexibility index (Phi) is 3.85. The number of nitro benzene ring substituents is 1. The third-order valence-corrected chi connectivity index (χ3v) is 4.39. The highest BCUT2D eigenvalue weighted by Gasteiger charge is 2.36. The number of rotatable bonds is 3. The quantitative estimate of drug-likeness (QED) is 0.565. The Hall–Kier alpha value is -3.67. The van der Waals surface area contributed by atoms with Gasteiger partial charge in [0.1, 0.15) is 6.17 Å². The second-order valence-corrected chi connectivity index (χ2v) is 5.92. The molecule has 0 spiro atoms. The molecule has 3 aromatic carbocycles. The first-order chi connectivity index (χ1) is 12.7. The number of carbonyl (C=O) groups is 1. The van der Waals surface area contributed by atoms with Crippen LogP contribution in [0.1, 0.15) is 22.1 Å². The molecule has 26 heavy (non-hydrogen) atoms. The highest BCUT2D eigenvalue weighted by atomic mass is 16.6. The van der Waals surface area contributed by atoms with Crippen molar-refractivity contribution in [3.8, 4) is 0 Å². The van der Waals surface area contributed by atoms with Gasteiger partial charge in [-0.3, -0.25) is 19.8 Å². The van der Waals surface area contributed by atoms with E-state index in [0.29, 0.717) is 22.5 Å². The van der Waals surface area contributed by atoms with Crippen LogP contribution in [-0.2, 0) is 0 Å². The van der Waals surface area contributed by atoms with Gasteiger partial charge in [-0.15, -0.1) is 0 Å². The Morgan fingerprint density at radius 3 is 2.31 bits per heavy atom. The molecule has 1 atom stereocenters. The maximum Gasteiger partial charge on any atom is 0.276 e. The number of hydrogen-bond acceptors (Lipinski definition) is 4. The van der Waals surface area contributed by atoms with Crippen LogP contribution >= 0.6 is 0 Å². The van der Waals surface area contributed by atoms with E-state index >= 15 is 0 Å². The van der Waals surface area contributed by atoms with E-state index in [0.717, 1.165) is 0 Å². The maximum atomic E-state index is 13.2. The van der Waals surface area contributed by atoms with Crippen molar-refractivity contribution in [3.63, 3.8) is 0 Å². The fourth-order valence-corrected chi connectivity index (χ4v) is 3.21. The zero-order valence-electron chi connectivity index (χ0n) is 13.7. The maximum absolute atomic E-state index is 13.2. The molecule has 0 aromatic heterocycles. The van der Waals surface area contributed by atoms with Crippen LogP contribution in [0.4, 0.5) is 17.1 Å². The number of fused-ring (bicyclic) bond motifs is 1. The summed E-state index contributed by atoms with van der Waals surface area (Å²) in [5.41, 5.74) is 2.27. The first kappa shape index (κ1) is 15.8. The largest absolute Gasteiger partial charge is 0.360 e. The lowest BCUT2D eigenvalue weighted by Gasteiger charge is -2.37. The highest BCUT2D eigenvalue weighted by molar-refractivity contribution is 6.12. The van der Waals surface area contributed by atoms with Gasteiger partial charge in [0.15, 0.2) is 0 Å². The summed E-state index contributed by atoms with van der Waals surface area (Å²) < 4.78 is 0. The number of carbonyl (C=O) groups excluding carboxylic acids is 1. The molecule has 0 aliphatic carbocycles. The van der Waals surface area contributed by atoms with E-state index in [1.807, 2.05) is 36.4 Å². The number of nitrogens with zero attached hydrogens (tertiary/aromatic N) is 2. The Morgan fingerprint density at radius 2 is 1.54 bits per heavy atom. The highest BCUT2D eigenvalue weighted by Crippen LogP contribution is 2.39. The molecular formula is C20H15N3O3. The average molecular weight is 345 g/mol. The minimum atomic E-state index is -0.679. The van der Waals surface area contributed by atoms with Crippen LogP contribution in [0.5, 0.6) is 0 Å². The third-order valence-electron chi connectivity index (χ3n) is 4.39. The summed E-state index contributed by atoms with van der Waals surface area (Å²) in [5.74, 6) is -0.200. The Labute approximate surface area is 149 Å². The van der Waals surface area contributed by atoms with Crippen molar-refractivity contribution < 1.29 is 9.72 Å². The molecule has 128 valence electrons. The smallest absolute Gasteiger partial charge is 0.276 e. The van der Waals surface area contributed by atoms with E-state index < -0.39 is 11.1 Å².